The Morgan fingerprint density at radius 2 is 1.66 bits per heavy atom. The number of rotatable bonds is 2. The minimum Gasteiger partial charge on any atom is -0.299 e. The van der Waals surface area contributed by atoms with Gasteiger partial charge in [0.05, 0.1) is 5.69 Å². The average molecular weight is 403 g/mol. The van der Waals surface area contributed by atoms with Gasteiger partial charge in [-0.15, -0.1) is 0 Å². The van der Waals surface area contributed by atoms with Gasteiger partial charge in [-0.25, -0.2) is 9.97 Å². The van der Waals surface area contributed by atoms with Crippen molar-refractivity contribution in [2.75, 3.05) is 0 Å². The molecule has 2 aromatic carbocycles. The minimum atomic E-state index is -0.293. The zero-order valence-electron chi connectivity index (χ0n) is 16.4. The number of Topliss-reactive ketones (excluding diaryl/α,β-unsaturated/α-hetero) is 1. The van der Waals surface area contributed by atoms with E-state index in [-0.39, 0.29) is 17.3 Å². The van der Waals surface area contributed by atoms with Crippen molar-refractivity contribution >= 4 is 17.4 Å². The smallest absolute Gasteiger partial charge is 0.161 e. The van der Waals surface area contributed by atoms with Crippen LogP contribution >= 0.6 is 11.6 Å². The molecule has 3 nitrogen and oxygen atoms in total. The summed E-state index contributed by atoms with van der Waals surface area (Å²) in [7, 11) is 0. The van der Waals surface area contributed by atoms with E-state index in [1.807, 2.05) is 36.4 Å². The number of carbonyl (C=O) groups is 1. The Morgan fingerprint density at radius 1 is 0.966 bits per heavy atom. The second kappa shape index (κ2) is 7.07. The van der Waals surface area contributed by atoms with E-state index in [4.69, 9.17) is 16.6 Å². The van der Waals surface area contributed by atoms with Crippen LogP contribution in [0.3, 0.4) is 0 Å². The van der Waals surface area contributed by atoms with Gasteiger partial charge in [-0.1, -0.05) is 79.2 Å². The van der Waals surface area contributed by atoms with E-state index < -0.39 is 0 Å². The lowest BCUT2D eigenvalue weighted by molar-refractivity contribution is -0.128. The highest BCUT2D eigenvalue weighted by Gasteiger charge is 2.53. The van der Waals surface area contributed by atoms with Gasteiger partial charge in [-0.05, 0) is 30.7 Å². The van der Waals surface area contributed by atoms with Crippen LogP contribution in [0.25, 0.3) is 11.4 Å². The molecule has 0 aliphatic heterocycles. The molecule has 3 aromatic rings. The molecule has 0 amide bonds. The van der Waals surface area contributed by atoms with Gasteiger partial charge in [0.15, 0.2) is 5.82 Å². The lowest BCUT2D eigenvalue weighted by Gasteiger charge is -2.50. The van der Waals surface area contributed by atoms with E-state index in [1.165, 1.54) is 5.56 Å². The first-order valence-electron chi connectivity index (χ1n) is 10.3. The molecule has 1 aromatic heterocycles. The first kappa shape index (κ1) is 18.5. The van der Waals surface area contributed by atoms with Gasteiger partial charge in [0.1, 0.15) is 10.9 Å². The molecule has 4 heteroatoms. The number of nitrogens with zero attached hydrogens (tertiary/aromatic N) is 2. The average Bonchev–Trinajstić information content (AvgIpc) is 2.77. The molecule has 1 saturated carbocycles. The number of ketones is 1. The Balaban J connectivity index is 1.78. The van der Waals surface area contributed by atoms with Gasteiger partial charge in [-0.3, -0.25) is 4.79 Å². The monoisotopic (exact) mass is 402 g/mol. The quantitative estimate of drug-likeness (QED) is 0.520. The molecule has 0 N–H and O–H groups in total. The molecule has 29 heavy (non-hydrogen) atoms. The molecule has 146 valence electrons. The Labute approximate surface area is 176 Å². The third-order valence-corrected chi connectivity index (χ3v) is 7.23. The van der Waals surface area contributed by atoms with Gasteiger partial charge in [0, 0.05) is 28.9 Å². The predicted molar refractivity (Wildman–Crippen MR) is 115 cm³/mol. The van der Waals surface area contributed by atoms with Crippen molar-refractivity contribution in [1.29, 1.82) is 0 Å². The van der Waals surface area contributed by atoms with E-state index in [9.17, 15) is 4.79 Å². The maximum absolute atomic E-state index is 12.6. The third-order valence-electron chi connectivity index (χ3n) is 6.92. The second-order valence-corrected chi connectivity index (χ2v) is 8.63. The first-order valence-corrected chi connectivity index (χ1v) is 10.7. The van der Waals surface area contributed by atoms with Gasteiger partial charge in [0.25, 0.3) is 0 Å². The molecule has 2 aliphatic rings. The largest absolute Gasteiger partial charge is 0.299 e. The minimum absolute atomic E-state index is 0.0195. The second-order valence-electron chi connectivity index (χ2n) is 8.27. The molecular weight excluding hydrogens is 380 g/mol. The number of benzene rings is 2. The molecule has 0 radical (unpaired) electrons. The molecular formula is C25H23ClN2O. The van der Waals surface area contributed by atoms with Crippen molar-refractivity contribution in [2.24, 2.45) is 11.8 Å². The fourth-order valence-corrected chi connectivity index (χ4v) is 5.73. The van der Waals surface area contributed by atoms with E-state index in [0.29, 0.717) is 23.2 Å². The fourth-order valence-electron chi connectivity index (χ4n) is 5.47. The standard InChI is InChI=1S/C25H23ClN2O/c1-16-20-13-12-19-22(27-24(28-23(19)26)17-8-4-2-5-9-17)25(20,15-14-21(16)29)18-10-6-3-7-11-18/h2-11,16,20H,12-15H2,1H3/t16-,20-,25+/m0/s1. The lowest BCUT2D eigenvalue weighted by Crippen LogP contribution is -2.50. The van der Waals surface area contributed by atoms with Gasteiger partial charge in [0.2, 0.25) is 0 Å². The number of fused-ring (bicyclic) bond motifs is 3. The zero-order chi connectivity index (χ0) is 20.0. The number of hydrogen-bond donors (Lipinski definition) is 0. The summed E-state index contributed by atoms with van der Waals surface area (Å²) in [6, 6.07) is 20.6. The summed E-state index contributed by atoms with van der Waals surface area (Å²) < 4.78 is 0. The highest BCUT2D eigenvalue weighted by atomic mass is 35.5. The van der Waals surface area contributed by atoms with Crippen LogP contribution in [-0.2, 0) is 16.6 Å². The first-order chi connectivity index (χ1) is 14.1. The summed E-state index contributed by atoms with van der Waals surface area (Å²) in [5, 5.41) is 0.548. The third kappa shape index (κ3) is 2.83. The Hall–Kier alpha value is -2.52. The topological polar surface area (TPSA) is 42.9 Å². The van der Waals surface area contributed by atoms with Gasteiger partial charge < -0.3 is 0 Å². The molecule has 0 bridgehead atoms. The Bertz CT molecular complexity index is 1070. The maximum Gasteiger partial charge on any atom is 0.161 e. The summed E-state index contributed by atoms with van der Waals surface area (Å²) >= 11 is 6.72. The van der Waals surface area contributed by atoms with Crippen LogP contribution in [-0.4, -0.2) is 15.8 Å². The molecule has 0 unspecified atom stereocenters. The highest BCUT2D eigenvalue weighted by molar-refractivity contribution is 6.30. The van der Waals surface area contributed by atoms with Crippen LogP contribution in [0.2, 0.25) is 5.15 Å². The zero-order valence-corrected chi connectivity index (χ0v) is 17.2. The van der Waals surface area contributed by atoms with Gasteiger partial charge in [-0.2, -0.15) is 0 Å². The summed E-state index contributed by atoms with van der Waals surface area (Å²) in [5.74, 6) is 1.28. The summed E-state index contributed by atoms with van der Waals surface area (Å²) in [4.78, 5) is 22.4. The summed E-state index contributed by atoms with van der Waals surface area (Å²) in [6.07, 6.45) is 3.11. The highest BCUT2D eigenvalue weighted by Crippen LogP contribution is 2.55. The predicted octanol–water partition coefficient (Wildman–Crippen LogP) is 5.64. The summed E-state index contributed by atoms with van der Waals surface area (Å²) in [5.41, 5.74) is 3.98. The molecule has 0 saturated heterocycles. The molecule has 5 rings (SSSR count). The maximum atomic E-state index is 12.6. The van der Waals surface area contributed by atoms with Crippen LogP contribution in [0.4, 0.5) is 0 Å². The number of hydrogen-bond acceptors (Lipinski definition) is 3. The van der Waals surface area contributed by atoms with Crippen molar-refractivity contribution < 1.29 is 4.79 Å². The van der Waals surface area contributed by atoms with Crippen molar-refractivity contribution in [1.82, 2.24) is 9.97 Å². The van der Waals surface area contributed by atoms with Crippen LogP contribution in [0, 0.1) is 11.8 Å². The van der Waals surface area contributed by atoms with E-state index in [0.717, 1.165) is 36.1 Å². The van der Waals surface area contributed by atoms with Crippen molar-refractivity contribution in [2.45, 2.75) is 38.0 Å². The SMILES string of the molecule is C[C@@H]1C(=O)CC[C@]2(c3ccccc3)c3nc(-c4ccccc4)nc(Cl)c3CC[C@@H]12. The number of carbonyl (C=O) groups excluding carboxylic acids is 1. The van der Waals surface area contributed by atoms with E-state index in [2.05, 4.69) is 36.2 Å². The number of halogens is 1. The molecule has 1 heterocycles. The van der Waals surface area contributed by atoms with E-state index >= 15 is 0 Å². The Morgan fingerprint density at radius 3 is 2.38 bits per heavy atom. The fraction of sp³-hybridized carbons (Fsp3) is 0.320. The molecule has 0 spiro atoms. The molecule has 2 aliphatic carbocycles. The Kier molecular flexibility index (Phi) is 4.51. The normalized spacial score (nSPS) is 25.9. The van der Waals surface area contributed by atoms with Crippen molar-refractivity contribution in [3.8, 4) is 11.4 Å². The van der Waals surface area contributed by atoms with Crippen LogP contribution in [0.5, 0.6) is 0 Å². The van der Waals surface area contributed by atoms with Crippen molar-refractivity contribution in [3.05, 3.63) is 82.6 Å². The molecule has 3 atom stereocenters. The van der Waals surface area contributed by atoms with Crippen LogP contribution < -0.4 is 0 Å². The van der Waals surface area contributed by atoms with Crippen LogP contribution in [0.1, 0.15) is 43.0 Å². The van der Waals surface area contributed by atoms with Crippen molar-refractivity contribution in [3.63, 3.8) is 0 Å². The van der Waals surface area contributed by atoms with E-state index in [1.54, 1.807) is 0 Å². The number of aromatic nitrogens is 2. The summed E-state index contributed by atoms with van der Waals surface area (Å²) in [6.45, 7) is 2.09. The van der Waals surface area contributed by atoms with Crippen LogP contribution in [0.15, 0.2) is 60.7 Å². The molecule has 1 fully saturated rings. The van der Waals surface area contributed by atoms with Gasteiger partial charge >= 0.3 is 0 Å². The lowest BCUT2D eigenvalue weighted by atomic mass is 9.53.